The van der Waals surface area contributed by atoms with Gasteiger partial charge in [0, 0.05) is 4.90 Å². The zero-order chi connectivity index (χ0) is 12.3. The molecule has 0 aromatic heterocycles. The van der Waals surface area contributed by atoms with E-state index in [0.29, 0.717) is 5.92 Å². The van der Waals surface area contributed by atoms with Crippen LogP contribution in [0.25, 0.3) is 0 Å². The number of amides is 1. The summed E-state index contributed by atoms with van der Waals surface area (Å²) < 4.78 is -0.556. The van der Waals surface area contributed by atoms with Crippen molar-refractivity contribution in [2.75, 3.05) is 0 Å². The Morgan fingerprint density at radius 2 is 1.75 bits per heavy atom. The molecule has 0 bridgehead atoms. The minimum Gasteiger partial charge on any atom is -0.368 e. The van der Waals surface area contributed by atoms with Crippen LogP contribution in [0, 0.1) is 0 Å². The highest BCUT2D eigenvalue weighted by Gasteiger charge is 2.26. The lowest BCUT2D eigenvalue weighted by Crippen LogP contribution is -2.34. The van der Waals surface area contributed by atoms with Gasteiger partial charge in [0.2, 0.25) is 5.91 Å². The number of hydrogen-bond acceptors (Lipinski definition) is 2. The first-order valence-electron chi connectivity index (χ1n) is 5.42. The molecular formula is C13H19NOS. The fourth-order valence-corrected chi connectivity index (χ4v) is 2.23. The molecule has 88 valence electrons. The first-order chi connectivity index (χ1) is 7.33. The van der Waals surface area contributed by atoms with Crippen LogP contribution in [0.5, 0.6) is 0 Å². The summed E-state index contributed by atoms with van der Waals surface area (Å²) >= 11 is 1.50. The molecule has 0 aliphatic heterocycles. The van der Waals surface area contributed by atoms with Crippen molar-refractivity contribution in [3.05, 3.63) is 29.8 Å². The molecule has 0 heterocycles. The average molecular weight is 237 g/mol. The Morgan fingerprint density at radius 1 is 1.25 bits per heavy atom. The summed E-state index contributed by atoms with van der Waals surface area (Å²) in [5.74, 6) is 0.244. The van der Waals surface area contributed by atoms with Crippen LogP contribution in [0.15, 0.2) is 29.2 Å². The molecule has 0 saturated heterocycles. The lowest BCUT2D eigenvalue weighted by molar-refractivity contribution is -0.119. The topological polar surface area (TPSA) is 43.1 Å². The normalized spacial score (nSPS) is 11.8. The molecule has 2 nitrogen and oxygen atoms in total. The third-order valence-corrected chi connectivity index (χ3v) is 3.73. The number of carbonyl (C=O) groups excluding carboxylic acids is 1. The highest BCUT2D eigenvalue weighted by molar-refractivity contribution is 8.01. The van der Waals surface area contributed by atoms with Gasteiger partial charge in [0.1, 0.15) is 0 Å². The second kappa shape index (κ2) is 4.91. The van der Waals surface area contributed by atoms with E-state index in [-0.39, 0.29) is 5.91 Å². The summed E-state index contributed by atoms with van der Waals surface area (Å²) in [6.07, 6.45) is 0. The minimum atomic E-state index is -0.556. The second-order valence-electron chi connectivity index (χ2n) is 4.70. The number of primary amides is 1. The standard InChI is InChI=1S/C13H19NOS/c1-9(2)10-5-7-11(8-6-10)16-13(3,4)12(14)15/h5-9H,1-4H3,(H2,14,15). The Bertz CT molecular complexity index is 368. The highest BCUT2D eigenvalue weighted by atomic mass is 32.2. The number of thioether (sulfide) groups is 1. The monoisotopic (exact) mass is 237 g/mol. The maximum Gasteiger partial charge on any atom is 0.233 e. The lowest BCUT2D eigenvalue weighted by atomic mass is 10.0. The fraction of sp³-hybridized carbons (Fsp3) is 0.462. The Hall–Kier alpha value is -0.960. The van der Waals surface area contributed by atoms with Crippen LogP contribution in [0.3, 0.4) is 0 Å². The van der Waals surface area contributed by atoms with Crippen LogP contribution in [-0.4, -0.2) is 10.7 Å². The Morgan fingerprint density at radius 3 is 2.12 bits per heavy atom. The van der Waals surface area contributed by atoms with Gasteiger partial charge in [-0.3, -0.25) is 4.79 Å². The van der Waals surface area contributed by atoms with Crippen molar-refractivity contribution in [2.24, 2.45) is 5.73 Å². The molecule has 0 unspecified atom stereocenters. The number of carbonyl (C=O) groups is 1. The molecule has 0 radical (unpaired) electrons. The predicted molar refractivity (Wildman–Crippen MR) is 69.7 cm³/mol. The van der Waals surface area contributed by atoms with Gasteiger partial charge in [0.15, 0.2) is 0 Å². The lowest BCUT2D eigenvalue weighted by Gasteiger charge is -2.19. The second-order valence-corrected chi connectivity index (χ2v) is 6.40. The van der Waals surface area contributed by atoms with Crippen molar-refractivity contribution >= 4 is 17.7 Å². The van der Waals surface area contributed by atoms with Crippen LogP contribution in [-0.2, 0) is 4.79 Å². The number of rotatable bonds is 4. The third kappa shape index (κ3) is 3.27. The molecule has 2 N–H and O–H groups in total. The van der Waals surface area contributed by atoms with E-state index in [9.17, 15) is 4.79 Å². The number of benzene rings is 1. The van der Waals surface area contributed by atoms with Crippen LogP contribution in [0.1, 0.15) is 39.2 Å². The Labute approximate surface area is 102 Å². The zero-order valence-electron chi connectivity index (χ0n) is 10.3. The van der Waals surface area contributed by atoms with Gasteiger partial charge in [-0.2, -0.15) is 0 Å². The number of hydrogen-bond donors (Lipinski definition) is 1. The van der Waals surface area contributed by atoms with Gasteiger partial charge in [-0.05, 0) is 37.5 Å². The maximum absolute atomic E-state index is 11.2. The van der Waals surface area contributed by atoms with Crippen LogP contribution < -0.4 is 5.73 Å². The summed E-state index contributed by atoms with van der Waals surface area (Å²) in [4.78, 5) is 12.3. The Kier molecular flexibility index (Phi) is 4.03. The molecule has 1 rings (SSSR count). The van der Waals surface area contributed by atoms with Crippen molar-refractivity contribution in [1.82, 2.24) is 0 Å². The largest absolute Gasteiger partial charge is 0.368 e. The summed E-state index contributed by atoms with van der Waals surface area (Å²) in [5.41, 5.74) is 6.64. The van der Waals surface area contributed by atoms with Gasteiger partial charge >= 0.3 is 0 Å². The quantitative estimate of drug-likeness (QED) is 0.817. The van der Waals surface area contributed by atoms with E-state index < -0.39 is 4.75 Å². The van der Waals surface area contributed by atoms with E-state index in [2.05, 4.69) is 26.0 Å². The third-order valence-electron chi connectivity index (χ3n) is 2.51. The van der Waals surface area contributed by atoms with Gasteiger partial charge in [0.25, 0.3) is 0 Å². The first-order valence-corrected chi connectivity index (χ1v) is 6.23. The summed E-state index contributed by atoms with van der Waals surface area (Å²) in [5, 5.41) is 0. The molecule has 16 heavy (non-hydrogen) atoms. The van der Waals surface area contributed by atoms with E-state index in [1.807, 2.05) is 26.0 Å². The van der Waals surface area contributed by atoms with E-state index in [1.54, 1.807) is 0 Å². The molecule has 1 amide bonds. The van der Waals surface area contributed by atoms with E-state index in [4.69, 9.17) is 5.73 Å². The molecule has 3 heteroatoms. The van der Waals surface area contributed by atoms with E-state index >= 15 is 0 Å². The van der Waals surface area contributed by atoms with Gasteiger partial charge in [0.05, 0.1) is 4.75 Å². The van der Waals surface area contributed by atoms with Crippen molar-refractivity contribution in [1.29, 1.82) is 0 Å². The zero-order valence-corrected chi connectivity index (χ0v) is 11.1. The van der Waals surface area contributed by atoms with Crippen LogP contribution >= 0.6 is 11.8 Å². The van der Waals surface area contributed by atoms with Crippen LogP contribution in [0.4, 0.5) is 0 Å². The predicted octanol–water partition coefficient (Wildman–Crippen LogP) is 3.17. The molecule has 0 saturated carbocycles. The van der Waals surface area contributed by atoms with Crippen molar-refractivity contribution in [2.45, 2.75) is 43.3 Å². The average Bonchev–Trinajstić information content (AvgIpc) is 2.17. The summed E-state index contributed by atoms with van der Waals surface area (Å²) in [6, 6.07) is 8.30. The smallest absolute Gasteiger partial charge is 0.233 e. The summed E-state index contributed by atoms with van der Waals surface area (Å²) in [6.45, 7) is 8.01. The SMILES string of the molecule is CC(C)c1ccc(SC(C)(C)C(N)=O)cc1. The van der Waals surface area contributed by atoms with E-state index in [1.165, 1.54) is 17.3 Å². The van der Waals surface area contributed by atoms with Crippen molar-refractivity contribution in [3.63, 3.8) is 0 Å². The van der Waals surface area contributed by atoms with Crippen molar-refractivity contribution < 1.29 is 4.79 Å². The molecular weight excluding hydrogens is 218 g/mol. The fourth-order valence-electron chi connectivity index (χ4n) is 1.27. The van der Waals surface area contributed by atoms with Gasteiger partial charge < -0.3 is 5.73 Å². The van der Waals surface area contributed by atoms with Gasteiger partial charge in [-0.25, -0.2) is 0 Å². The molecule has 0 fully saturated rings. The van der Waals surface area contributed by atoms with Crippen LogP contribution in [0.2, 0.25) is 0 Å². The van der Waals surface area contributed by atoms with E-state index in [0.717, 1.165) is 4.90 Å². The first kappa shape index (κ1) is 13.1. The molecule has 0 atom stereocenters. The molecule has 0 aliphatic rings. The highest BCUT2D eigenvalue weighted by Crippen LogP contribution is 2.32. The maximum atomic E-state index is 11.2. The molecule has 0 aliphatic carbocycles. The van der Waals surface area contributed by atoms with Crippen molar-refractivity contribution in [3.8, 4) is 0 Å². The summed E-state index contributed by atoms with van der Waals surface area (Å²) in [7, 11) is 0. The Balaban J connectivity index is 2.80. The molecule has 1 aromatic carbocycles. The van der Waals surface area contributed by atoms with Gasteiger partial charge in [-0.1, -0.05) is 26.0 Å². The molecule has 0 spiro atoms. The number of nitrogens with two attached hydrogens (primary N) is 1. The molecule has 1 aromatic rings. The minimum absolute atomic E-state index is 0.287. The van der Waals surface area contributed by atoms with Gasteiger partial charge in [-0.15, -0.1) is 11.8 Å².